The van der Waals surface area contributed by atoms with Gasteiger partial charge in [0.2, 0.25) is 0 Å². The molecule has 0 aromatic heterocycles. The van der Waals surface area contributed by atoms with E-state index in [0.29, 0.717) is 13.2 Å². The predicted molar refractivity (Wildman–Crippen MR) is 52.2 cm³/mol. The third-order valence-corrected chi connectivity index (χ3v) is 1.81. The quantitative estimate of drug-likeness (QED) is 0.434. The summed E-state index contributed by atoms with van der Waals surface area (Å²) in [4.78, 5) is 0. The first kappa shape index (κ1) is 11.6. The fraction of sp³-hybridized carbons (Fsp3) is 0.778. The monoisotopic (exact) mass is 172 g/mol. The Bertz CT molecular complexity index is 128. The van der Waals surface area contributed by atoms with Crippen molar-refractivity contribution in [2.45, 2.75) is 18.9 Å². The molecule has 0 radical (unpaired) electrons. The molecule has 0 aromatic rings. The fourth-order valence-corrected chi connectivity index (χ4v) is 0.977. The normalized spacial score (nSPS) is 15.6. The number of hydrogen-bond acceptors (Lipinski definition) is 3. The zero-order chi connectivity index (χ0) is 9.45. The molecule has 0 aromatic carbocycles. The highest BCUT2D eigenvalue weighted by molar-refractivity contribution is 4.84. The number of hydrogen-bond donors (Lipinski definition) is 2. The highest BCUT2D eigenvalue weighted by atomic mass is 16.5. The standard InChI is InChI=1S/C9H20N2O/c1-4-5-6-11-9(2,7-10)8-12-3/h4,11H,1,5-8,10H2,2-3H3. The Morgan fingerprint density at radius 1 is 1.67 bits per heavy atom. The molecule has 12 heavy (non-hydrogen) atoms. The van der Waals surface area contributed by atoms with E-state index in [0.717, 1.165) is 13.0 Å². The molecule has 0 aliphatic rings. The molecule has 72 valence electrons. The largest absolute Gasteiger partial charge is 0.383 e. The summed E-state index contributed by atoms with van der Waals surface area (Å²) in [5, 5.41) is 3.33. The average molecular weight is 172 g/mol. The van der Waals surface area contributed by atoms with Gasteiger partial charge in [0.15, 0.2) is 0 Å². The number of rotatable bonds is 7. The molecule has 0 saturated carbocycles. The minimum atomic E-state index is -0.0994. The van der Waals surface area contributed by atoms with Crippen molar-refractivity contribution >= 4 is 0 Å². The lowest BCUT2D eigenvalue weighted by Gasteiger charge is -2.28. The van der Waals surface area contributed by atoms with Crippen LogP contribution in [0.15, 0.2) is 12.7 Å². The van der Waals surface area contributed by atoms with E-state index < -0.39 is 0 Å². The summed E-state index contributed by atoms with van der Waals surface area (Å²) in [6.45, 7) is 7.83. The second-order valence-corrected chi connectivity index (χ2v) is 3.20. The Hall–Kier alpha value is -0.380. The van der Waals surface area contributed by atoms with Crippen molar-refractivity contribution in [2.75, 3.05) is 26.8 Å². The maximum Gasteiger partial charge on any atom is 0.0654 e. The van der Waals surface area contributed by atoms with Gasteiger partial charge in [0.05, 0.1) is 12.1 Å². The third-order valence-electron chi connectivity index (χ3n) is 1.81. The van der Waals surface area contributed by atoms with Gasteiger partial charge in [0.1, 0.15) is 0 Å². The molecule has 3 N–H and O–H groups in total. The van der Waals surface area contributed by atoms with Crippen molar-refractivity contribution in [1.82, 2.24) is 5.32 Å². The van der Waals surface area contributed by atoms with Crippen LogP contribution >= 0.6 is 0 Å². The molecule has 3 heteroatoms. The van der Waals surface area contributed by atoms with Gasteiger partial charge in [-0.05, 0) is 19.9 Å². The van der Waals surface area contributed by atoms with Crippen molar-refractivity contribution in [2.24, 2.45) is 5.73 Å². The lowest BCUT2D eigenvalue weighted by molar-refractivity contribution is 0.123. The first-order chi connectivity index (χ1) is 5.68. The summed E-state index contributed by atoms with van der Waals surface area (Å²) in [5.74, 6) is 0. The van der Waals surface area contributed by atoms with Crippen LogP contribution in [-0.2, 0) is 4.74 Å². The van der Waals surface area contributed by atoms with Crippen LogP contribution in [0.4, 0.5) is 0 Å². The van der Waals surface area contributed by atoms with Gasteiger partial charge < -0.3 is 15.8 Å². The molecule has 1 unspecified atom stereocenters. The van der Waals surface area contributed by atoms with Crippen LogP contribution in [0.1, 0.15) is 13.3 Å². The molecule has 3 nitrogen and oxygen atoms in total. The number of ether oxygens (including phenoxy) is 1. The summed E-state index contributed by atoms with van der Waals surface area (Å²) in [5.41, 5.74) is 5.51. The number of nitrogens with two attached hydrogens (primary N) is 1. The first-order valence-corrected chi connectivity index (χ1v) is 4.23. The first-order valence-electron chi connectivity index (χ1n) is 4.23. The van der Waals surface area contributed by atoms with Gasteiger partial charge in [-0.15, -0.1) is 6.58 Å². The van der Waals surface area contributed by atoms with Crippen molar-refractivity contribution in [3.63, 3.8) is 0 Å². The van der Waals surface area contributed by atoms with E-state index >= 15 is 0 Å². The van der Waals surface area contributed by atoms with Gasteiger partial charge >= 0.3 is 0 Å². The second-order valence-electron chi connectivity index (χ2n) is 3.20. The van der Waals surface area contributed by atoms with Gasteiger partial charge in [0.25, 0.3) is 0 Å². The van der Waals surface area contributed by atoms with Crippen molar-refractivity contribution in [1.29, 1.82) is 0 Å². The van der Waals surface area contributed by atoms with Crippen molar-refractivity contribution < 1.29 is 4.74 Å². The Morgan fingerprint density at radius 3 is 2.75 bits per heavy atom. The van der Waals surface area contributed by atoms with Crippen molar-refractivity contribution in [3.8, 4) is 0 Å². The smallest absolute Gasteiger partial charge is 0.0654 e. The Kier molecular flexibility index (Phi) is 5.98. The molecule has 0 rings (SSSR count). The van der Waals surface area contributed by atoms with Crippen LogP contribution in [0.25, 0.3) is 0 Å². The summed E-state index contributed by atoms with van der Waals surface area (Å²) < 4.78 is 5.06. The minimum Gasteiger partial charge on any atom is -0.383 e. The Balaban J connectivity index is 3.70. The second kappa shape index (κ2) is 6.17. The van der Waals surface area contributed by atoms with Crippen LogP contribution in [0.5, 0.6) is 0 Å². The Morgan fingerprint density at radius 2 is 2.33 bits per heavy atom. The Labute approximate surface area is 75.0 Å². The van der Waals surface area contributed by atoms with Crippen LogP contribution in [0.3, 0.4) is 0 Å². The van der Waals surface area contributed by atoms with Gasteiger partial charge in [-0.25, -0.2) is 0 Å². The predicted octanol–water partition coefficient (Wildman–Crippen LogP) is 0.516. The van der Waals surface area contributed by atoms with E-state index in [1.165, 1.54) is 0 Å². The van der Waals surface area contributed by atoms with E-state index in [-0.39, 0.29) is 5.54 Å². The van der Waals surface area contributed by atoms with E-state index in [9.17, 15) is 0 Å². The average Bonchev–Trinajstić information content (AvgIpc) is 2.06. The third kappa shape index (κ3) is 4.49. The fourth-order valence-electron chi connectivity index (χ4n) is 0.977. The van der Waals surface area contributed by atoms with E-state index in [4.69, 9.17) is 10.5 Å². The summed E-state index contributed by atoms with van der Waals surface area (Å²) in [6, 6.07) is 0. The molecule has 0 heterocycles. The number of nitrogens with one attached hydrogen (secondary N) is 1. The summed E-state index contributed by atoms with van der Waals surface area (Å²) >= 11 is 0. The van der Waals surface area contributed by atoms with Crippen LogP contribution in [-0.4, -0.2) is 32.3 Å². The molecular weight excluding hydrogens is 152 g/mol. The summed E-state index contributed by atoms with van der Waals surface area (Å²) in [6.07, 6.45) is 2.84. The molecule has 0 aliphatic carbocycles. The van der Waals surface area contributed by atoms with E-state index in [1.807, 2.05) is 6.08 Å². The molecule has 0 saturated heterocycles. The van der Waals surface area contributed by atoms with Gasteiger partial charge in [-0.2, -0.15) is 0 Å². The number of methoxy groups -OCH3 is 1. The minimum absolute atomic E-state index is 0.0994. The lowest BCUT2D eigenvalue weighted by Crippen LogP contribution is -2.52. The molecule has 0 amide bonds. The van der Waals surface area contributed by atoms with Crippen molar-refractivity contribution in [3.05, 3.63) is 12.7 Å². The zero-order valence-corrected chi connectivity index (χ0v) is 8.10. The molecule has 0 fully saturated rings. The molecule has 0 aliphatic heterocycles. The van der Waals surface area contributed by atoms with E-state index in [2.05, 4.69) is 18.8 Å². The maximum atomic E-state index is 5.61. The van der Waals surface area contributed by atoms with Gasteiger partial charge in [-0.3, -0.25) is 0 Å². The maximum absolute atomic E-state index is 5.61. The molecular formula is C9H20N2O. The van der Waals surface area contributed by atoms with Crippen LogP contribution in [0, 0.1) is 0 Å². The lowest BCUT2D eigenvalue weighted by atomic mass is 10.0. The van der Waals surface area contributed by atoms with Crippen LogP contribution < -0.4 is 11.1 Å². The molecule has 1 atom stereocenters. The van der Waals surface area contributed by atoms with E-state index in [1.54, 1.807) is 7.11 Å². The SMILES string of the molecule is C=CCCNC(C)(CN)COC. The summed E-state index contributed by atoms with van der Waals surface area (Å²) in [7, 11) is 1.68. The topological polar surface area (TPSA) is 47.3 Å². The van der Waals surface area contributed by atoms with Crippen LogP contribution in [0.2, 0.25) is 0 Å². The highest BCUT2D eigenvalue weighted by Gasteiger charge is 2.20. The molecule has 0 bridgehead atoms. The zero-order valence-electron chi connectivity index (χ0n) is 8.10. The van der Waals surface area contributed by atoms with Gasteiger partial charge in [0, 0.05) is 13.7 Å². The highest BCUT2D eigenvalue weighted by Crippen LogP contribution is 2.01. The van der Waals surface area contributed by atoms with Gasteiger partial charge in [-0.1, -0.05) is 6.08 Å². The molecule has 0 spiro atoms.